The topological polar surface area (TPSA) is 81.1 Å². The van der Waals surface area contributed by atoms with Gasteiger partial charge in [0, 0.05) is 51.4 Å². The van der Waals surface area contributed by atoms with Crippen LogP contribution in [0.5, 0.6) is 0 Å². The standard InChI is InChI=1S/C6H12N2.C4H4O4/c1-2-8-5-3-7(1)4-6-8;5-3(6)1-2-4(7)8/h1-6H2;1-2H,(H,5,6)(H,7,8)/b;2-1+. The predicted molar refractivity (Wildman–Crippen MR) is 57.3 cm³/mol. The van der Waals surface area contributed by atoms with E-state index < -0.39 is 11.9 Å². The molecule has 0 atom stereocenters. The van der Waals surface area contributed by atoms with Gasteiger partial charge in [-0.1, -0.05) is 0 Å². The highest BCUT2D eigenvalue weighted by atomic mass is 16.4. The van der Waals surface area contributed by atoms with Gasteiger partial charge < -0.3 is 10.2 Å². The summed E-state index contributed by atoms with van der Waals surface area (Å²) >= 11 is 0. The molecule has 0 aromatic heterocycles. The molecule has 0 spiro atoms. The number of piperazine rings is 3. The van der Waals surface area contributed by atoms with Crippen LogP contribution in [-0.2, 0) is 9.59 Å². The van der Waals surface area contributed by atoms with E-state index in [0.717, 1.165) is 0 Å². The molecule has 0 aromatic carbocycles. The normalized spacial score (nSPS) is 27.2. The highest BCUT2D eigenvalue weighted by Crippen LogP contribution is 2.06. The molecule has 0 aromatic rings. The van der Waals surface area contributed by atoms with Crippen molar-refractivity contribution in [1.29, 1.82) is 0 Å². The third-order valence-corrected chi connectivity index (χ3v) is 2.57. The van der Waals surface area contributed by atoms with Gasteiger partial charge in [0.25, 0.3) is 0 Å². The van der Waals surface area contributed by atoms with Crippen LogP contribution in [0.2, 0.25) is 0 Å². The van der Waals surface area contributed by atoms with E-state index in [4.69, 9.17) is 10.2 Å². The number of nitrogens with zero attached hydrogens (tertiary/aromatic N) is 2. The van der Waals surface area contributed by atoms with E-state index in [9.17, 15) is 9.59 Å². The molecule has 3 rings (SSSR count). The van der Waals surface area contributed by atoms with Crippen LogP contribution in [-0.4, -0.2) is 71.2 Å². The summed E-state index contributed by atoms with van der Waals surface area (Å²) in [6, 6.07) is 0. The van der Waals surface area contributed by atoms with Crippen LogP contribution < -0.4 is 0 Å². The van der Waals surface area contributed by atoms with Crippen LogP contribution in [0.4, 0.5) is 0 Å². The van der Waals surface area contributed by atoms with Crippen molar-refractivity contribution in [2.75, 3.05) is 39.3 Å². The number of rotatable bonds is 2. The lowest BCUT2D eigenvalue weighted by Crippen LogP contribution is -2.55. The van der Waals surface area contributed by atoms with Crippen LogP contribution in [0.25, 0.3) is 0 Å². The summed E-state index contributed by atoms with van der Waals surface area (Å²) in [6.45, 7) is 7.92. The Bertz CT molecular complexity index is 244. The minimum atomic E-state index is -1.26. The van der Waals surface area contributed by atoms with Gasteiger partial charge in [0.1, 0.15) is 0 Å². The van der Waals surface area contributed by atoms with Crippen molar-refractivity contribution >= 4 is 11.9 Å². The zero-order chi connectivity index (χ0) is 12.0. The molecule has 3 aliphatic rings. The minimum absolute atomic E-state index is 0.558. The van der Waals surface area contributed by atoms with Gasteiger partial charge in [0.15, 0.2) is 0 Å². The molecule has 0 radical (unpaired) electrons. The Labute approximate surface area is 93.8 Å². The van der Waals surface area contributed by atoms with Crippen molar-refractivity contribution in [3.63, 3.8) is 0 Å². The molecular weight excluding hydrogens is 212 g/mol. The maximum absolute atomic E-state index is 9.55. The van der Waals surface area contributed by atoms with Gasteiger partial charge in [-0.05, 0) is 0 Å². The van der Waals surface area contributed by atoms with E-state index in [1.807, 2.05) is 0 Å². The summed E-state index contributed by atoms with van der Waals surface area (Å²) in [5, 5.41) is 15.6. The summed E-state index contributed by atoms with van der Waals surface area (Å²) in [5.41, 5.74) is 0. The van der Waals surface area contributed by atoms with Gasteiger partial charge in [-0.2, -0.15) is 0 Å². The molecule has 6 nitrogen and oxygen atoms in total. The Hall–Kier alpha value is -1.40. The maximum atomic E-state index is 9.55. The fourth-order valence-electron chi connectivity index (χ4n) is 1.66. The van der Waals surface area contributed by atoms with Gasteiger partial charge in [0.2, 0.25) is 0 Å². The monoisotopic (exact) mass is 228 g/mol. The summed E-state index contributed by atoms with van der Waals surface area (Å²) in [4.78, 5) is 24.2. The van der Waals surface area contributed by atoms with E-state index in [1.54, 1.807) is 0 Å². The maximum Gasteiger partial charge on any atom is 0.328 e. The van der Waals surface area contributed by atoms with E-state index >= 15 is 0 Å². The second kappa shape index (κ2) is 6.24. The molecule has 2 bridgehead atoms. The molecule has 0 saturated carbocycles. The zero-order valence-corrected chi connectivity index (χ0v) is 9.00. The Balaban J connectivity index is 0.000000160. The first-order valence-electron chi connectivity index (χ1n) is 5.16. The predicted octanol–water partition coefficient (Wildman–Crippen LogP) is -0.671. The number of aliphatic carboxylic acids is 2. The first-order chi connectivity index (χ1) is 7.58. The lowest BCUT2D eigenvalue weighted by Gasteiger charge is -2.41. The average Bonchev–Trinajstić information content (AvgIpc) is 2.30. The van der Waals surface area contributed by atoms with Crippen molar-refractivity contribution < 1.29 is 19.8 Å². The highest BCUT2D eigenvalue weighted by molar-refractivity contribution is 5.89. The molecule has 2 N–H and O–H groups in total. The number of carboxylic acid groups (broad SMARTS) is 2. The Morgan fingerprint density at radius 2 is 1.00 bits per heavy atom. The van der Waals surface area contributed by atoms with Gasteiger partial charge in [-0.15, -0.1) is 0 Å². The van der Waals surface area contributed by atoms with Crippen LogP contribution >= 0.6 is 0 Å². The number of hydrogen-bond acceptors (Lipinski definition) is 4. The molecule has 16 heavy (non-hydrogen) atoms. The Morgan fingerprint density at radius 3 is 1.12 bits per heavy atom. The van der Waals surface area contributed by atoms with E-state index in [2.05, 4.69) is 9.80 Å². The Morgan fingerprint density at radius 1 is 0.750 bits per heavy atom. The first kappa shape index (κ1) is 12.7. The van der Waals surface area contributed by atoms with E-state index in [-0.39, 0.29) is 0 Å². The number of hydrogen-bond donors (Lipinski definition) is 2. The molecule has 90 valence electrons. The van der Waals surface area contributed by atoms with Gasteiger partial charge in [-0.3, -0.25) is 9.80 Å². The SMILES string of the molecule is C1CN2CCN1CC2.O=C(O)/C=C/C(=O)O. The second-order valence-electron chi connectivity index (χ2n) is 3.69. The lowest BCUT2D eigenvalue weighted by atomic mass is 10.2. The summed E-state index contributed by atoms with van der Waals surface area (Å²) < 4.78 is 0. The van der Waals surface area contributed by atoms with Gasteiger partial charge in [0.05, 0.1) is 0 Å². The summed E-state index contributed by atoms with van der Waals surface area (Å²) in [5.74, 6) is -2.51. The van der Waals surface area contributed by atoms with Crippen LogP contribution in [0.1, 0.15) is 0 Å². The fourth-order valence-corrected chi connectivity index (χ4v) is 1.66. The minimum Gasteiger partial charge on any atom is -0.478 e. The fraction of sp³-hybridized carbons (Fsp3) is 0.600. The third kappa shape index (κ3) is 4.90. The lowest BCUT2D eigenvalue weighted by molar-refractivity contribution is -0.134. The molecule has 0 unspecified atom stereocenters. The van der Waals surface area contributed by atoms with Gasteiger partial charge in [-0.25, -0.2) is 9.59 Å². The van der Waals surface area contributed by atoms with Crippen LogP contribution in [0.15, 0.2) is 12.2 Å². The molecule has 0 amide bonds. The third-order valence-electron chi connectivity index (χ3n) is 2.57. The summed E-state index contributed by atoms with van der Waals surface area (Å²) in [6.07, 6.45) is 1.12. The van der Waals surface area contributed by atoms with Crippen molar-refractivity contribution in [2.45, 2.75) is 0 Å². The molecule has 0 aliphatic carbocycles. The van der Waals surface area contributed by atoms with E-state index in [0.29, 0.717) is 12.2 Å². The highest BCUT2D eigenvalue weighted by Gasteiger charge is 2.21. The largest absolute Gasteiger partial charge is 0.478 e. The van der Waals surface area contributed by atoms with Crippen molar-refractivity contribution in [2.24, 2.45) is 0 Å². The molecule has 3 aliphatic heterocycles. The van der Waals surface area contributed by atoms with Crippen molar-refractivity contribution in [1.82, 2.24) is 9.80 Å². The van der Waals surface area contributed by atoms with Gasteiger partial charge >= 0.3 is 11.9 Å². The first-order valence-corrected chi connectivity index (χ1v) is 5.16. The second-order valence-corrected chi connectivity index (χ2v) is 3.69. The molecule has 3 heterocycles. The quantitative estimate of drug-likeness (QED) is 0.610. The van der Waals surface area contributed by atoms with Crippen LogP contribution in [0.3, 0.4) is 0 Å². The zero-order valence-electron chi connectivity index (χ0n) is 9.00. The Kier molecular flexibility index (Phi) is 4.94. The molecule has 3 saturated heterocycles. The number of carboxylic acids is 2. The van der Waals surface area contributed by atoms with E-state index in [1.165, 1.54) is 39.3 Å². The molecule has 3 fully saturated rings. The van der Waals surface area contributed by atoms with Crippen LogP contribution in [0, 0.1) is 0 Å². The average molecular weight is 228 g/mol. The van der Waals surface area contributed by atoms with Crippen molar-refractivity contribution in [3.05, 3.63) is 12.2 Å². The number of carbonyl (C=O) groups is 2. The molecular formula is C10H16N2O4. The smallest absolute Gasteiger partial charge is 0.328 e. The molecule has 6 heteroatoms. The van der Waals surface area contributed by atoms with Crippen molar-refractivity contribution in [3.8, 4) is 0 Å². The number of fused-ring (bicyclic) bond motifs is 3. The summed E-state index contributed by atoms with van der Waals surface area (Å²) in [7, 11) is 0.